The van der Waals surface area contributed by atoms with Gasteiger partial charge in [0.15, 0.2) is 5.96 Å². The van der Waals surface area contributed by atoms with Crippen LogP contribution in [0.4, 0.5) is 4.39 Å². The smallest absolute Gasteiger partial charge is 0.192 e. The molecule has 5 heteroatoms. The largest absolute Gasteiger partial charge is 0.370 e. The molecule has 1 unspecified atom stereocenters. The molecule has 1 aliphatic carbocycles. The Hall–Kier alpha value is -1.29. The molecule has 1 heterocycles. The van der Waals surface area contributed by atoms with Gasteiger partial charge >= 0.3 is 0 Å². The number of hydrogen-bond donors (Lipinski definition) is 1. The molecule has 1 aromatic rings. The first-order chi connectivity index (χ1) is 9.16. The molecule has 19 heavy (non-hydrogen) atoms. The summed E-state index contributed by atoms with van der Waals surface area (Å²) in [6.07, 6.45) is 4.76. The van der Waals surface area contributed by atoms with E-state index in [0.29, 0.717) is 23.6 Å². The lowest BCUT2D eigenvalue weighted by Crippen LogP contribution is -2.42. The molecule has 0 aromatic heterocycles. The third-order valence-corrected chi connectivity index (χ3v) is 4.39. The second-order valence-electron chi connectivity index (χ2n) is 5.23. The highest BCUT2D eigenvalue weighted by Gasteiger charge is 2.35. The Kier molecular flexibility index (Phi) is 3.35. The first-order valence-electron chi connectivity index (χ1n) is 6.70. The number of rotatable bonds is 2. The summed E-state index contributed by atoms with van der Waals surface area (Å²) in [6, 6.07) is 5.05. The summed E-state index contributed by atoms with van der Waals surface area (Å²) in [4.78, 5) is 6.52. The number of nitrogens with two attached hydrogens (primary N) is 1. The summed E-state index contributed by atoms with van der Waals surface area (Å²) in [5.74, 6) is 0.283. The standard InChI is InChI=1S/C14H17ClFN3/c15-12-7-9(16)5-6-11(12)13-8-18-14(17)19(13)10-3-1-2-4-10/h5-7,10,13H,1-4,8H2,(H2,17,18). The van der Waals surface area contributed by atoms with E-state index in [4.69, 9.17) is 17.3 Å². The monoisotopic (exact) mass is 281 g/mol. The van der Waals surface area contributed by atoms with Gasteiger partial charge in [0.05, 0.1) is 12.6 Å². The number of nitrogens with zero attached hydrogens (tertiary/aromatic N) is 2. The number of aliphatic imine (C=N–C) groups is 1. The molecule has 1 saturated carbocycles. The second-order valence-corrected chi connectivity index (χ2v) is 5.63. The Bertz CT molecular complexity index is 511. The van der Waals surface area contributed by atoms with Crippen LogP contribution in [-0.4, -0.2) is 23.4 Å². The van der Waals surface area contributed by atoms with Crippen LogP contribution in [0.1, 0.15) is 37.3 Å². The molecule has 1 fully saturated rings. The molecule has 0 saturated heterocycles. The zero-order valence-corrected chi connectivity index (χ0v) is 11.4. The van der Waals surface area contributed by atoms with Gasteiger partial charge in [0.1, 0.15) is 5.82 Å². The molecule has 102 valence electrons. The average molecular weight is 282 g/mol. The van der Waals surface area contributed by atoms with Crippen molar-refractivity contribution in [2.45, 2.75) is 37.8 Å². The van der Waals surface area contributed by atoms with Crippen molar-refractivity contribution in [3.05, 3.63) is 34.6 Å². The van der Waals surface area contributed by atoms with Crippen LogP contribution in [0.15, 0.2) is 23.2 Å². The van der Waals surface area contributed by atoms with Crippen molar-refractivity contribution in [2.24, 2.45) is 10.7 Å². The van der Waals surface area contributed by atoms with Crippen molar-refractivity contribution >= 4 is 17.6 Å². The quantitative estimate of drug-likeness (QED) is 0.905. The van der Waals surface area contributed by atoms with Crippen LogP contribution in [-0.2, 0) is 0 Å². The molecule has 0 amide bonds. The summed E-state index contributed by atoms with van der Waals surface area (Å²) in [5.41, 5.74) is 6.94. The Labute approximate surface area is 117 Å². The van der Waals surface area contributed by atoms with Gasteiger partial charge in [0.25, 0.3) is 0 Å². The molecule has 1 aliphatic heterocycles. The zero-order valence-electron chi connectivity index (χ0n) is 10.6. The van der Waals surface area contributed by atoms with E-state index in [1.165, 1.54) is 25.0 Å². The van der Waals surface area contributed by atoms with Crippen molar-refractivity contribution in [3.8, 4) is 0 Å². The van der Waals surface area contributed by atoms with Crippen molar-refractivity contribution in [3.63, 3.8) is 0 Å². The Morgan fingerprint density at radius 1 is 1.32 bits per heavy atom. The third-order valence-electron chi connectivity index (χ3n) is 4.07. The minimum absolute atomic E-state index is 0.0520. The summed E-state index contributed by atoms with van der Waals surface area (Å²) >= 11 is 6.17. The van der Waals surface area contributed by atoms with Gasteiger partial charge in [0.2, 0.25) is 0 Å². The highest BCUT2D eigenvalue weighted by molar-refractivity contribution is 6.31. The normalized spacial score (nSPS) is 24.0. The number of halogens is 2. The van der Waals surface area contributed by atoms with Crippen LogP contribution in [0.25, 0.3) is 0 Å². The van der Waals surface area contributed by atoms with Gasteiger partial charge in [-0.25, -0.2) is 4.39 Å². The van der Waals surface area contributed by atoms with Crippen LogP contribution in [0.2, 0.25) is 5.02 Å². The summed E-state index contributed by atoms with van der Waals surface area (Å²) in [6.45, 7) is 0.605. The Morgan fingerprint density at radius 3 is 2.74 bits per heavy atom. The molecule has 0 radical (unpaired) electrons. The molecule has 2 N–H and O–H groups in total. The van der Waals surface area contributed by atoms with Gasteiger partial charge in [-0.15, -0.1) is 0 Å². The molecule has 3 nitrogen and oxygen atoms in total. The van der Waals surface area contributed by atoms with E-state index < -0.39 is 0 Å². The topological polar surface area (TPSA) is 41.6 Å². The fourth-order valence-corrected chi connectivity index (χ4v) is 3.45. The summed E-state index contributed by atoms with van der Waals surface area (Å²) < 4.78 is 13.2. The Morgan fingerprint density at radius 2 is 2.05 bits per heavy atom. The average Bonchev–Trinajstić information content (AvgIpc) is 2.98. The van der Waals surface area contributed by atoms with Crippen molar-refractivity contribution < 1.29 is 4.39 Å². The predicted molar refractivity (Wildman–Crippen MR) is 74.7 cm³/mol. The van der Waals surface area contributed by atoms with Gasteiger partial charge in [0, 0.05) is 11.1 Å². The van der Waals surface area contributed by atoms with Gasteiger partial charge in [-0.1, -0.05) is 30.5 Å². The van der Waals surface area contributed by atoms with E-state index in [2.05, 4.69) is 9.89 Å². The number of guanidine groups is 1. The minimum atomic E-state index is -0.312. The highest BCUT2D eigenvalue weighted by atomic mass is 35.5. The van der Waals surface area contributed by atoms with E-state index in [9.17, 15) is 4.39 Å². The maximum Gasteiger partial charge on any atom is 0.192 e. The van der Waals surface area contributed by atoms with Crippen LogP contribution < -0.4 is 5.73 Å². The first-order valence-corrected chi connectivity index (χ1v) is 7.08. The first kappa shape index (κ1) is 12.7. The van der Waals surface area contributed by atoms with Gasteiger partial charge < -0.3 is 10.6 Å². The fraction of sp³-hybridized carbons (Fsp3) is 0.500. The molecule has 0 bridgehead atoms. The SMILES string of the molecule is NC1=NCC(c2ccc(F)cc2Cl)N1C1CCCC1. The van der Waals surface area contributed by atoms with Crippen LogP contribution in [0.3, 0.4) is 0 Å². The van der Waals surface area contributed by atoms with E-state index in [1.54, 1.807) is 6.07 Å². The maximum atomic E-state index is 13.2. The lowest BCUT2D eigenvalue weighted by Gasteiger charge is -2.32. The molecule has 1 aromatic carbocycles. The van der Waals surface area contributed by atoms with Crippen LogP contribution >= 0.6 is 11.6 Å². The minimum Gasteiger partial charge on any atom is -0.370 e. The molecule has 2 aliphatic rings. The van der Waals surface area contributed by atoms with Crippen molar-refractivity contribution in [2.75, 3.05) is 6.54 Å². The van der Waals surface area contributed by atoms with E-state index in [0.717, 1.165) is 18.4 Å². The lowest BCUT2D eigenvalue weighted by molar-refractivity contribution is 0.262. The predicted octanol–water partition coefficient (Wildman–Crippen LogP) is 3.09. The van der Waals surface area contributed by atoms with E-state index in [-0.39, 0.29) is 11.9 Å². The molecule has 1 atom stereocenters. The van der Waals surface area contributed by atoms with Crippen molar-refractivity contribution in [1.82, 2.24) is 4.90 Å². The summed E-state index contributed by atoms with van der Waals surface area (Å²) in [5, 5.41) is 0.456. The van der Waals surface area contributed by atoms with Gasteiger partial charge in [-0.05, 0) is 30.5 Å². The third kappa shape index (κ3) is 2.29. The maximum absolute atomic E-state index is 13.2. The molecule has 3 rings (SSSR count). The van der Waals surface area contributed by atoms with Gasteiger partial charge in [-0.2, -0.15) is 0 Å². The highest BCUT2D eigenvalue weighted by Crippen LogP contribution is 2.36. The van der Waals surface area contributed by atoms with E-state index in [1.807, 2.05) is 0 Å². The zero-order chi connectivity index (χ0) is 13.4. The summed E-state index contributed by atoms with van der Waals surface area (Å²) in [7, 11) is 0. The van der Waals surface area contributed by atoms with Crippen molar-refractivity contribution in [1.29, 1.82) is 0 Å². The van der Waals surface area contributed by atoms with Gasteiger partial charge in [-0.3, -0.25) is 4.99 Å². The fourth-order valence-electron chi connectivity index (χ4n) is 3.15. The molecule has 0 spiro atoms. The molecular formula is C14H17ClFN3. The Balaban J connectivity index is 1.91. The van der Waals surface area contributed by atoms with E-state index >= 15 is 0 Å². The molecular weight excluding hydrogens is 265 g/mol. The number of hydrogen-bond acceptors (Lipinski definition) is 3. The van der Waals surface area contributed by atoms with Crippen LogP contribution in [0.5, 0.6) is 0 Å². The van der Waals surface area contributed by atoms with Crippen LogP contribution in [0, 0.1) is 5.82 Å². The number of benzene rings is 1. The second kappa shape index (κ2) is 5.00. The lowest BCUT2D eigenvalue weighted by atomic mass is 10.0.